The van der Waals surface area contributed by atoms with Gasteiger partial charge in [0, 0.05) is 19.2 Å². The van der Waals surface area contributed by atoms with Crippen LogP contribution < -0.4 is 0 Å². The Labute approximate surface area is 117 Å². The van der Waals surface area contributed by atoms with Crippen LogP contribution in [0.1, 0.15) is 23.1 Å². The van der Waals surface area contributed by atoms with Crippen molar-refractivity contribution in [3.63, 3.8) is 0 Å². The highest BCUT2D eigenvalue weighted by Gasteiger charge is 2.16. The Hall–Kier alpha value is -1.89. The largest absolute Gasteiger partial charge is 0.478 e. The second kappa shape index (κ2) is 5.24. The predicted molar refractivity (Wildman–Crippen MR) is 75.8 cm³/mol. The van der Waals surface area contributed by atoms with Gasteiger partial charge in [-0.1, -0.05) is 13.0 Å². The zero-order chi connectivity index (χ0) is 14.9. The van der Waals surface area contributed by atoms with Crippen molar-refractivity contribution in [3.8, 4) is 0 Å². The minimum atomic E-state index is -3.09. The molecule has 0 radical (unpaired) electrons. The third-order valence-electron chi connectivity index (χ3n) is 3.09. The predicted octanol–water partition coefficient (Wildman–Crippen LogP) is 1.34. The molecule has 2 aromatic rings. The van der Waals surface area contributed by atoms with Gasteiger partial charge in [0.15, 0.2) is 0 Å². The van der Waals surface area contributed by atoms with Crippen LogP contribution in [0.3, 0.4) is 0 Å². The van der Waals surface area contributed by atoms with E-state index in [2.05, 4.69) is 4.98 Å². The molecule has 0 aliphatic carbocycles. The van der Waals surface area contributed by atoms with Gasteiger partial charge in [0.2, 0.25) is 0 Å². The third-order valence-corrected chi connectivity index (χ3v) is 4.01. The van der Waals surface area contributed by atoms with Crippen LogP contribution in [0.25, 0.3) is 11.0 Å². The fourth-order valence-electron chi connectivity index (χ4n) is 2.14. The fraction of sp³-hybridized carbons (Fsp3) is 0.385. The number of carboxylic acids is 1. The summed E-state index contributed by atoms with van der Waals surface area (Å²) in [5.41, 5.74) is 1.20. The number of aryl methyl sites for hydroxylation is 2. The van der Waals surface area contributed by atoms with E-state index in [9.17, 15) is 13.2 Å². The van der Waals surface area contributed by atoms with Crippen molar-refractivity contribution in [2.45, 2.75) is 19.9 Å². The van der Waals surface area contributed by atoms with E-state index >= 15 is 0 Å². The van der Waals surface area contributed by atoms with Gasteiger partial charge >= 0.3 is 5.97 Å². The molecule has 0 aliphatic heterocycles. The summed E-state index contributed by atoms with van der Waals surface area (Å²) in [7, 11) is -3.09. The molecular formula is C13H16N2O4S. The summed E-state index contributed by atoms with van der Waals surface area (Å²) in [4.78, 5) is 15.5. The van der Waals surface area contributed by atoms with Crippen LogP contribution in [0.4, 0.5) is 0 Å². The Morgan fingerprint density at radius 2 is 2.10 bits per heavy atom. The molecule has 7 heteroatoms. The second-order valence-electron chi connectivity index (χ2n) is 4.64. The maximum absolute atomic E-state index is 11.3. The van der Waals surface area contributed by atoms with Gasteiger partial charge in [-0.25, -0.2) is 18.2 Å². The molecule has 0 bridgehead atoms. The molecule has 20 heavy (non-hydrogen) atoms. The van der Waals surface area contributed by atoms with E-state index in [1.807, 2.05) is 6.92 Å². The summed E-state index contributed by atoms with van der Waals surface area (Å²) in [6.07, 6.45) is 1.79. The second-order valence-corrected chi connectivity index (χ2v) is 6.90. The van der Waals surface area contributed by atoms with E-state index in [0.717, 1.165) is 0 Å². The van der Waals surface area contributed by atoms with Crippen LogP contribution in [0.5, 0.6) is 0 Å². The summed E-state index contributed by atoms with van der Waals surface area (Å²) >= 11 is 0. The number of aromatic carboxylic acids is 1. The number of benzene rings is 1. The Kier molecular flexibility index (Phi) is 3.80. The van der Waals surface area contributed by atoms with Crippen LogP contribution in [-0.2, 0) is 22.8 Å². The van der Waals surface area contributed by atoms with E-state index in [4.69, 9.17) is 5.11 Å². The molecule has 0 atom stereocenters. The highest BCUT2D eigenvalue weighted by molar-refractivity contribution is 7.90. The van der Waals surface area contributed by atoms with Crippen molar-refractivity contribution < 1.29 is 18.3 Å². The van der Waals surface area contributed by atoms with Crippen LogP contribution >= 0.6 is 0 Å². The number of imidazole rings is 1. The first-order valence-electron chi connectivity index (χ1n) is 6.22. The first-order valence-corrected chi connectivity index (χ1v) is 8.28. The lowest BCUT2D eigenvalue weighted by molar-refractivity contribution is 0.0699. The lowest BCUT2D eigenvalue weighted by Crippen LogP contribution is -2.13. The van der Waals surface area contributed by atoms with Gasteiger partial charge in [0.1, 0.15) is 21.2 Å². The summed E-state index contributed by atoms with van der Waals surface area (Å²) in [6.45, 7) is 2.18. The maximum atomic E-state index is 11.3. The quantitative estimate of drug-likeness (QED) is 0.899. The monoisotopic (exact) mass is 296 g/mol. The van der Waals surface area contributed by atoms with Crippen molar-refractivity contribution in [1.82, 2.24) is 9.55 Å². The van der Waals surface area contributed by atoms with Crippen LogP contribution in [-0.4, -0.2) is 41.1 Å². The van der Waals surface area contributed by atoms with Crippen LogP contribution in [0, 0.1) is 0 Å². The number of para-hydroxylation sites is 1. The average molecular weight is 296 g/mol. The zero-order valence-electron chi connectivity index (χ0n) is 11.3. The number of rotatable bonds is 5. The van der Waals surface area contributed by atoms with E-state index < -0.39 is 15.8 Å². The molecule has 0 amide bonds. The SMILES string of the molecule is CCc1nc2c(C(=O)O)cccc2n1CCS(C)(=O)=O. The van der Waals surface area contributed by atoms with E-state index in [1.54, 1.807) is 16.7 Å². The molecule has 0 fully saturated rings. The van der Waals surface area contributed by atoms with Crippen molar-refractivity contribution in [1.29, 1.82) is 0 Å². The Balaban J connectivity index is 2.58. The summed E-state index contributed by atoms with van der Waals surface area (Å²) in [5.74, 6) is -0.341. The van der Waals surface area contributed by atoms with Gasteiger partial charge in [-0.15, -0.1) is 0 Å². The van der Waals surface area contributed by atoms with Gasteiger partial charge < -0.3 is 9.67 Å². The maximum Gasteiger partial charge on any atom is 0.337 e. The summed E-state index contributed by atoms with van der Waals surface area (Å²) in [5, 5.41) is 9.17. The molecule has 0 unspecified atom stereocenters. The number of fused-ring (bicyclic) bond motifs is 1. The summed E-state index contributed by atoms with van der Waals surface area (Å²) < 4.78 is 24.4. The van der Waals surface area contributed by atoms with Crippen LogP contribution in [0.2, 0.25) is 0 Å². The minimum absolute atomic E-state index is 0.00274. The molecule has 108 valence electrons. The third kappa shape index (κ3) is 2.82. The fourth-order valence-corrected chi connectivity index (χ4v) is 2.66. The van der Waals surface area contributed by atoms with Crippen molar-refractivity contribution in [2.24, 2.45) is 0 Å². The number of carbonyl (C=O) groups is 1. The molecule has 6 nitrogen and oxygen atoms in total. The van der Waals surface area contributed by atoms with Crippen molar-refractivity contribution in [3.05, 3.63) is 29.6 Å². The Bertz CT molecular complexity index is 762. The summed E-state index contributed by atoms with van der Waals surface area (Å²) in [6, 6.07) is 4.90. The van der Waals surface area contributed by atoms with Gasteiger partial charge in [-0.2, -0.15) is 0 Å². The standard InChI is InChI=1S/C13H16N2O4S/c1-3-11-14-12-9(13(16)17)5-4-6-10(12)15(11)7-8-20(2,18)19/h4-6H,3,7-8H2,1-2H3,(H,16,17). The zero-order valence-corrected chi connectivity index (χ0v) is 12.1. The topological polar surface area (TPSA) is 89.3 Å². The number of sulfone groups is 1. The Morgan fingerprint density at radius 3 is 2.65 bits per heavy atom. The van der Waals surface area contributed by atoms with E-state index in [1.165, 1.54) is 12.3 Å². The van der Waals surface area contributed by atoms with Crippen molar-refractivity contribution in [2.75, 3.05) is 12.0 Å². The van der Waals surface area contributed by atoms with Gasteiger partial charge in [0.05, 0.1) is 16.8 Å². The highest BCUT2D eigenvalue weighted by atomic mass is 32.2. The van der Waals surface area contributed by atoms with Gasteiger partial charge in [-0.3, -0.25) is 0 Å². The lowest BCUT2D eigenvalue weighted by Gasteiger charge is -2.07. The molecule has 2 rings (SSSR count). The molecule has 1 heterocycles. The van der Waals surface area contributed by atoms with Crippen LogP contribution in [0.15, 0.2) is 18.2 Å². The molecule has 0 saturated carbocycles. The molecule has 1 aromatic heterocycles. The smallest absolute Gasteiger partial charge is 0.337 e. The number of carboxylic acid groups (broad SMARTS) is 1. The molecule has 0 spiro atoms. The number of hydrogen-bond acceptors (Lipinski definition) is 4. The van der Waals surface area contributed by atoms with E-state index in [-0.39, 0.29) is 17.9 Å². The first-order chi connectivity index (χ1) is 9.33. The normalized spacial score (nSPS) is 11.9. The molecule has 0 saturated heterocycles. The number of aromatic nitrogens is 2. The first kappa shape index (κ1) is 14.5. The van der Waals surface area contributed by atoms with Gasteiger partial charge in [0.25, 0.3) is 0 Å². The number of hydrogen-bond donors (Lipinski definition) is 1. The number of nitrogens with zero attached hydrogens (tertiary/aromatic N) is 2. The highest BCUT2D eigenvalue weighted by Crippen LogP contribution is 2.21. The molecular weight excluding hydrogens is 280 g/mol. The molecule has 0 aliphatic rings. The Morgan fingerprint density at radius 1 is 1.40 bits per heavy atom. The lowest BCUT2D eigenvalue weighted by atomic mass is 10.2. The minimum Gasteiger partial charge on any atom is -0.478 e. The van der Waals surface area contributed by atoms with E-state index in [0.29, 0.717) is 23.3 Å². The molecule has 1 aromatic carbocycles. The van der Waals surface area contributed by atoms with Crippen molar-refractivity contribution >= 4 is 26.8 Å². The van der Waals surface area contributed by atoms with Gasteiger partial charge in [-0.05, 0) is 12.1 Å². The molecule has 1 N–H and O–H groups in total. The average Bonchev–Trinajstić information content (AvgIpc) is 2.72.